The fraction of sp³-hybridized carbons (Fsp3) is 0.583. The number of halogens is 1. The molecule has 0 fully saturated rings. The van der Waals surface area contributed by atoms with E-state index in [1.807, 2.05) is 16.8 Å². The number of carbonyl (C=O) groups is 1. The van der Waals surface area contributed by atoms with E-state index in [1.54, 1.807) is 11.3 Å². The number of nitrogens with one attached hydrogen (secondary N) is 1. The van der Waals surface area contributed by atoms with Crippen LogP contribution in [0.4, 0.5) is 0 Å². The Balaban J connectivity index is 2.66. The Morgan fingerprint density at radius 1 is 1.56 bits per heavy atom. The van der Waals surface area contributed by atoms with Gasteiger partial charge in [0.05, 0.1) is 0 Å². The molecule has 1 aromatic heterocycles. The van der Waals surface area contributed by atoms with Gasteiger partial charge in [0.25, 0.3) is 5.91 Å². The van der Waals surface area contributed by atoms with Gasteiger partial charge in [-0.1, -0.05) is 36.7 Å². The third-order valence-electron chi connectivity index (χ3n) is 2.53. The lowest BCUT2D eigenvalue weighted by molar-refractivity contribution is 0.0901. The van der Waals surface area contributed by atoms with E-state index in [2.05, 4.69) is 42.0 Å². The third kappa shape index (κ3) is 3.91. The summed E-state index contributed by atoms with van der Waals surface area (Å²) in [4.78, 5) is 11.9. The van der Waals surface area contributed by atoms with E-state index in [-0.39, 0.29) is 17.4 Å². The molecule has 4 heteroatoms. The largest absolute Gasteiger partial charge is 0.349 e. The van der Waals surface area contributed by atoms with E-state index in [1.165, 1.54) is 0 Å². The summed E-state index contributed by atoms with van der Waals surface area (Å²) >= 11 is 4.98. The Bertz CT molecular complexity index is 329. The smallest absolute Gasteiger partial charge is 0.252 e. The van der Waals surface area contributed by atoms with Gasteiger partial charge in [-0.15, -0.1) is 0 Å². The van der Waals surface area contributed by atoms with Crippen LogP contribution >= 0.6 is 27.3 Å². The molecule has 0 saturated carbocycles. The van der Waals surface area contributed by atoms with E-state index < -0.39 is 0 Å². The number of rotatable bonds is 4. The van der Waals surface area contributed by atoms with Crippen LogP contribution < -0.4 is 5.32 Å². The molecule has 1 aromatic rings. The second kappa shape index (κ2) is 5.82. The number of hydrogen-bond acceptors (Lipinski definition) is 2. The zero-order valence-corrected chi connectivity index (χ0v) is 12.3. The molecule has 1 heterocycles. The molecule has 16 heavy (non-hydrogen) atoms. The van der Waals surface area contributed by atoms with Gasteiger partial charge in [0.1, 0.15) is 0 Å². The first-order chi connectivity index (χ1) is 7.45. The first kappa shape index (κ1) is 13.7. The monoisotopic (exact) mass is 303 g/mol. The first-order valence-electron chi connectivity index (χ1n) is 5.34. The SMILES string of the molecule is CC(C)(C)C(CCBr)NC(=O)c1ccsc1. The highest BCUT2D eigenvalue weighted by atomic mass is 79.9. The van der Waals surface area contributed by atoms with Crippen molar-refractivity contribution in [2.75, 3.05) is 5.33 Å². The summed E-state index contributed by atoms with van der Waals surface area (Å²) in [6.07, 6.45) is 0.944. The lowest BCUT2D eigenvalue weighted by Gasteiger charge is -2.31. The lowest BCUT2D eigenvalue weighted by atomic mass is 9.85. The van der Waals surface area contributed by atoms with Gasteiger partial charge in [0.2, 0.25) is 0 Å². The second-order valence-electron chi connectivity index (χ2n) is 4.88. The first-order valence-corrected chi connectivity index (χ1v) is 7.40. The molecule has 1 unspecified atom stereocenters. The summed E-state index contributed by atoms with van der Waals surface area (Å²) in [6, 6.07) is 2.05. The highest BCUT2D eigenvalue weighted by Gasteiger charge is 2.25. The molecule has 1 atom stereocenters. The minimum absolute atomic E-state index is 0.0297. The molecule has 0 aromatic carbocycles. The summed E-state index contributed by atoms with van der Waals surface area (Å²) in [5.41, 5.74) is 0.841. The fourth-order valence-corrected chi connectivity index (χ4v) is 2.56. The molecule has 0 saturated heterocycles. The van der Waals surface area contributed by atoms with Gasteiger partial charge in [-0.25, -0.2) is 0 Å². The predicted molar refractivity (Wildman–Crippen MR) is 73.4 cm³/mol. The maximum Gasteiger partial charge on any atom is 0.252 e. The molecule has 1 rings (SSSR count). The van der Waals surface area contributed by atoms with Crippen LogP contribution in [0.3, 0.4) is 0 Å². The molecule has 0 bridgehead atoms. The average Bonchev–Trinajstić information content (AvgIpc) is 2.68. The van der Waals surface area contributed by atoms with E-state index in [0.717, 1.165) is 17.3 Å². The summed E-state index contributed by atoms with van der Waals surface area (Å²) in [5, 5.41) is 7.80. The van der Waals surface area contributed by atoms with E-state index in [4.69, 9.17) is 0 Å². The summed E-state index contributed by atoms with van der Waals surface area (Å²) in [5.74, 6) is 0.0297. The summed E-state index contributed by atoms with van der Waals surface area (Å²) < 4.78 is 0. The maximum atomic E-state index is 11.9. The van der Waals surface area contributed by atoms with Gasteiger partial charge in [0, 0.05) is 22.3 Å². The molecule has 90 valence electrons. The van der Waals surface area contributed by atoms with Crippen LogP contribution in [0.2, 0.25) is 0 Å². The lowest BCUT2D eigenvalue weighted by Crippen LogP contribution is -2.43. The van der Waals surface area contributed by atoms with E-state index in [0.29, 0.717) is 0 Å². The Morgan fingerprint density at radius 2 is 2.25 bits per heavy atom. The van der Waals surface area contributed by atoms with E-state index in [9.17, 15) is 4.79 Å². The maximum absolute atomic E-state index is 11.9. The molecule has 0 radical (unpaired) electrons. The quantitative estimate of drug-likeness (QED) is 0.845. The molecule has 2 nitrogen and oxygen atoms in total. The fourth-order valence-electron chi connectivity index (χ4n) is 1.47. The number of amides is 1. The van der Waals surface area contributed by atoms with Crippen molar-refractivity contribution < 1.29 is 4.79 Å². The number of thiophene rings is 1. The van der Waals surface area contributed by atoms with Crippen LogP contribution in [0.15, 0.2) is 16.8 Å². The van der Waals surface area contributed by atoms with Crippen molar-refractivity contribution >= 4 is 33.2 Å². The minimum atomic E-state index is 0.0297. The van der Waals surface area contributed by atoms with E-state index >= 15 is 0 Å². The predicted octanol–water partition coefficient (Wildman–Crippen LogP) is 3.68. The van der Waals surface area contributed by atoms with Crippen LogP contribution in [0.5, 0.6) is 0 Å². The minimum Gasteiger partial charge on any atom is -0.349 e. The van der Waals surface area contributed by atoms with Crippen LogP contribution in [0.1, 0.15) is 37.6 Å². The molecule has 0 aliphatic rings. The highest BCUT2D eigenvalue weighted by molar-refractivity contribution is 9.09. The highest BCUT2D eigenvalue weighted by Crippen LogP contribution is 2.23. The van der Waals surface area contributed by atoms with Gasteiger partial charge in [-0.3, -0.25) is 4.79 Å². The molecular formula is C12H18BrNOS. The zero-order chi connectivity index (χ0) is 12.2. The Morgan fingerprint density at radius 3 is 2.69 bits per heavy atom. The van der Waals surface area contributed by atoms with Gasteiger partial charge in [-0.2, -0.15) is 11.3 Å². The van der Waals surface area contributed by atoms with Crippen molar-refractivity contribution in [2.45, 2.75) is 33.2 Å². The van der Waals surface area contributed by atoms with Gasteiger partial charge >= 0.3 is 0 Å². The van der Waals surface area contributed by atoms with Gasteiger partial charge < -0.3 is 5.32 Å². The van der Waals surface area contributed by atoms with Crippen molar-refractivity contribution in [1.29, 1.82) is 0 Å². The van der Waals surface area contributed by atoms with Crippen LogP contribution in [-0.2, 0) is 0 Å². The zero-order valence-electron chi connectivity index (χ0n) is 9.92. The Labute approximate surface area is 110 Å². The Kier molecular flexibility index (Phi) is 4.99. The standard InChI is InChI=1S/C12H18BrNOS/c1-12(2,3)10(4-6-13)14-11(15)9-5-7-16-8-9/h5,7-8,10H,4,6H2,1-3H3,(H,14,15). The van der Waals surface area contributed by atoms with Gasteiger partial charge in [-0.05, 0) is 23.3 Å². The molecule has 0 aliphatic carbocycles. The average molecular weight is 304 g/mol. The van der Waals surface area contributed by atoms with Crippen LogP contribution in [-0.4, -0.2) is 17.3 Å². The van der Waals surface area contributed by atoms with Crippen LogP contribution in [0.25, 0.3) is 0 Å². The molecule has 1 amide bonds. The van der Waals surface area contributed by atoms with Crippen molar-refractivity contribution in [1.82, 2.24) is 5.32 Å². The van der Waals surface area contributed by atoms with Crippen molar-refractivity contribution in [3.05, 3.63) is 22.4 Å². The van der Waals surface area contributed by atoms with Crippen molar-refractivity contribution in [2.24, 2.45) is 5.41 Å². The molecule has 0 aliphatic heterocycles. The van der Waals surface area contributed by atoms with Gasteiger partial charge in [0.15, 0.2) is 0 Å². The number of carbonyl (C=O) groups excluding carboxylic acids is 1. The molecule has 1 N–H and O–H groups in total. The van der Waals surface area contributed by atoms with Crippen LogP contribution in [0, 0.1) is 5.41 Å². The normalized spacial score (nSPS) is 13.5. The second-order valence-corrected chi connectivity index (χ2v) is 6.45. The summed E-state index contributed by atoms with van der Waals surface area (Å²) in [7, 11) is 0. The topological polar surface area (TPSA) is 29.1 Å². The van der Waals surface area contributed by atoms with Crippen molar-refractivity contribution in [3.63, 3.8) is 0 Å². The Hall–Kier alpha value is -0.350. The van der Waals surface area contributed by atoms with Crippen molar-refractivity contribution in [3.8, 4) is 0 Å². The third-order valence-corrected chi connectivity index (χ3v) is 3.67. The molecular weight excluding hydrogens is 286 g/mol. The molecule has 0 spiro atoms. The number of alkyl halides is 1. The number of hydrogen-bond donors (Lipinski definition) is 1. The summed E-state index contributed by atoms with van der Waals surface area (Å²) in [6.45, 7) is 6.44.